The highest BCUT2D eigenvalue weighted by Crippen LogP contribution is 2.33. The Morgan fingerprint density at radius 1 is 1.04 bits per heavy atom. The van der Waals surface area contributed by atoms with E-state index in [0.717, 1.165) is 64.1 Å². The van der Waals surface area contributed by atoms with E-state index in [4.69, 9.17) is 0 Å². The molecule has 1 atom stereocenters. The molecule has 1 aromatic heterocycles. The van der Waals surface area contributed by atoms with E-state index in [0.29, 0.717) is 6.04 Å². The van der Waals surface area contributed by atoms with E-state index in [2.05, 4.69) is 20.2 Å². The average molecular weight is 369 g/mol. The Kier molecular flexibility index (Phi) is 4.50. The number of hydrogen-bond acceptors (Lipinski definition) is 5. The van der Waals surface area contributed by atoms with Gasteiger partial charge in [-0.05, 0) is 32.1 Å². The molecule has 2 saturated heterocycles. The predicted octanol–water partition coefficient (Wildman–Crippen LogP) is 2.13. The van der Waals surface area contributed by atoms with Crippen LogP contribution < -0.4 is 5.32 Å². The van der Waals surface area contributed by atoms with Crippen LogP contribution in [0.4, 0.5) is 19.0 Å². The van der Waals surface area contributed by atoms with Gasteiger partial charge in [0.1, 0.15) is 17.8 Å². The molecule has 1 aromatic rings. The minimum Gasteiger partial charge on any atom is -0.367 e. The maximum Gasteiger partial charge on any atom is 0.433 e. The molecule has 0 radical (unpaired) electrons. The number of piperidine rings is 1. The van der Waals surface area contributed by atoms with Gasteiger partial charge >= 0.3 is 6.18 Å². The lowest BCUT2D eigenvalue weighted by atomic mass is 10.0. The van der Waals surface area contributed by atoms with Gasteiger partial charge in [-0.25, -0.2) is 9.97 Å². The highest BCUT2D eigenvalue weighted by atomic mass is 19.4. The van der Waals surface area contributed by atoms with E-state index in [1.54, 1.807) is 0 Å². The number of alkyl halides is 3. The summed E-state index contributed by atoms with van der Waals surface area (Å²) in [5.41, 5.74) is -0.941. The van der Waals surface area contributed by atoms with Crippen molar-refractivity contribution in [1.82, 2.24) is 19.8 Å². The monoisotopic (exact) mass is 369 g/mol. The summed E-state index contributed by atoms with van der Waals surface area (Å²) in [5, 5.41) is 3.08. The van der Waals surface area contributed by atoms with Crippen molar-refractivity contribution in [2.75, 3.05) is 25.0 Å². The summed E-state index contributed by atoms with van der Waals surface area (Å²) in [7, 11) is 0. The minimum absolute atomic E-state index is 0.0209. The summed E-state index contributed by atoms with van der Waals surface area (Å²) in [5.74, 6) is 0.451. The molecule has 0 spiro atoms. The minimum atomic E-state index is -4.47. The largest absolute Gasteiger partial charge is 0.433 e. The lowest BCUT2D eigenvalue weighted by Crippen LogP contribution is -2.48. The van der Waals surface area contributed by atoms with Crippen LogP contribution in [-0.2, 0) is 11.0 Å². The number of aromatic nitrogens is 2. The molecule has 0 aromatic carbocycles. The van der Waals surface area contributed by atoms with E-state index < -0.39 is 11.9 Å². The summed E-state index contributed by atoms with van der Waals surface area (Å²) in [6.07, 6.45) is 1.15. The van der Waals surface area contributed by atoms with E-state index in [1.165, 1.54) is 0 Å². The van der Waals surface area contributed by atoms with Crippen LogP contribution in [0.1, 0.15) is 37.8 Å². The maximum absolute atomic E-state index is 12.7. The molecular weight excluding hydrogens is 347 g/mol. The molecule has 4 rings (SSSR count). The normalized spacial score (nSPS) is 25.7. The summed E-state index contributed by atoms with van der Waals surface area (Å²) in [4.78, 5) is 24.0. The third-order valence-corrected chi connectivity index (χ3v) is 5.48. The molecule has 1 aliphatic carbocycles. The van der Waals surface area contributed by atoms with Gasteiger partial charge in [-0.15, -0.1) is 0 Å². The molecule has 1 unspecified atom stereocenters. The summed E-state index contributed by atoms with van der Waals surface area (Å²) in [6.45, 7) is 2.39. The van der Waals surface area contributed by atoms with Crippen molar-refractivity contribution in [1.29, 1.82) is 0 Å². The van der Waals surface area contributed by atoms with Gasteiger partial charge in [0, 0.05) is 37.8 Å². The summed E-state index contributed by atoms with van der Waals surface area (Å²) in [6, 6.07) is 1.44. The lowest BCUT2D eigenvalue weighted by Gasteiger charge is -2.35. The Labute approximate surface area is 149 Å². The Morgan fingerprint density at radius 3 is 2.42 bits per heavy atom. The van der Waals surface area contributed by atoms with Crippen molar-refractivity contribution in [3.05, 3.63) is 18.1 Å². The van der Waals surface area contributed by atoms with Crippen molar-refractivity contribution >= 4 is 11.7 Å². The van der Waals surface area contributed by atoms with E-state index >= 15 is 0 Å². The molecule has 6 nitrogen and oxygen atoms in total. The van der Waals surface area contributed by atoms with Crippen LogP contribution in [-0.4, -0.2) is 63.4 Å². The zero-order valence-electron chi connectivity index (χ0n) is 14.4. The van der Waals surface area contributed by atoms with Crippen LogP contribution in [0.15, 0.2) is 12.4 Å². The molecule has 3 heterocycles. The Hall–Kier alpha value is -1.90. The fraction of sp³-hybridized carbons (Fsp3) is 0.706. The molecule has 3 aliphatic rings. The number of rotatable bonds is 4. The summed E-state index contributed by atoms with van der Waals surface area (Å²) < 4.78 is 38.2. The van der Waals surface area contributed by atoms with E-state index in [1.807, 2.05) is 4.90 Å². The number of carbonyl (C=O) groups is 1. The number of nitrogens with one attached hydrogen (secondary N) is 1. The fourth-order valence-corrected chi connectivity index (χ4v) is 3.93. The highest BCUT2D eigenvalue weighted by molar-refractivity contribution is 5.84. The van der Waals surface area contributed by atoms with Crippen molar-refractivity contribution in [3.63, 3.8) is 0 Å². The predicted molar refractivity (Wildman–Crippen MR) is 88.4 cm³/mol. The van der Waals surface area contributed by atoms with Crippen LogP contribution in [0.5, 0.6) is 0 Å². The van der Waals surface area contributed by atoms with Gasteiger partial charge in [-0.2, -0.15) is 13.2 Å². The Balaban J connectivity index is 1.31. The smallest absolute Gasteiger partial charge is 0.367 e. The van der Waals surface area contributed by atoms with Gasteiger partial charge < -0.3 is 10.2 Å². The molecule has 9 heteroatoms. The second-order valence-electron chi connectivity index (χ2n) is 7.31. The van der Waals surface area contributed by atoms with Crippen molar-refractivity contribution in [2.45, 2.75) is 56.4 Å². The molecule has 1 N–H and O–H groups in total. The van der Waals surface area contributed by atoms with Crippen molar-refractivity contribution in [3.8, 4) is 0 Å². The van der Waals surface area contributed by atoms with Gasteiger partial charge in [-0.3, -0.25) is 9.69 Å². The number of nitrogens with zero attached hydrogens (tertiary/aromatic N) is 4. The second kappa shape index (κ2) is 6.68. The topological polar surface area (TPSA) is 61.4 Å². The Morgan fingerprint density at radius 2 is 1.77 bits per heavy atom. The van der Waals surface area contributed by atoms with Crippen LogP contribution in [0.25, 0.3) is 0 Å². The van der Waals surface area contributed by atoms with Crippen LogP contribution in [0.3, 0.4) is 0 Å². The molecule has 26 heavy (non-hydrogen) atoms. The first-order valence-electron chi connectivity index (χ1n) is 9.12. The van der Waals surface area contributed by atoms with Crippen LogP contribution in [0.2, 0.25) is 0 Å². The third kappa shape index (κ3) is 3.62. The van der Waals surface area contributed by atoms with Crippen LogP contribution >= 0.6 is 0 Å². The van der Waals surface area contributed by atoms with Crippen molar-refractivity contribution in [2.24, 2.45) is 0 Å². The molecule has 1 amide bonds. The average Bonchev–Trinajstić information content (AvgIpc) is 3.38. The highest BCUT2D eigenvalue weighted by Gasteiger charge is 2.43. The van der Waals surface area contributed by atoms with Gasteiger partial charge in [0.25, 0.3) is 0 Å². The molecule has 3 fully saturated rings. The number of carbonyl (C=O) groups excluding carboxylic acids is 1. The fourth-order valence-electron chi connectivity index (χ4n) is 3.93. The van der Waals surface area contributed by atoms with Crippen LogP contribution in [0, 0.1) is 0 Å². The van der Waals surface area contributed by atoms with Gasteiger partial charge in [0.05, 0.1) is 6.04 Å². The number of halogens is 3. The van der Waals surface area contributed by atoms with E-state index in [9.17, 15) is 18.0 Å². The third-order valence-electron chi connectivity index (χ3n) is 5.48. The van der Waals surface area contributed by atoms with Gasteiger partial charge in [0.2, 0.25) is 5.91 Å². The first kappa shape index (κ1) is 17.5. The maximum atomic E-state index is 12.7. The van der Waals surface area contributed by atoms with Gasteiger partial charge in [0.15, 0.2) is 0 Å². The Bertz CT molecular complexity index is 671. The number of amides is 1. The van der Waals surface area contributed by atoms with Crippen molar-refractivity contribution < 1.29 is 18.0 Å². The molecular formula is C17H22F3N5O. The SMILES string of the molecule is O=C1C(N2CCC(Nc3cc(C(F)(F)F)ncn3)CC2)CCN1C1CC1. The first-order chi connectivity index (χ1) is 12.4. The summed E-state index contributed by atoms with van der Waals surface area (Å²) >= 11 is 0. The first-order valence-corrected chi connectivity index (χ1v) is 9.12. The van der Waals surface area contributed by atoms with E-state index in [-0.39, 0.29) is 23.8 Å². The molecule has 1 saturated carbocycles. The number of anilines is 1. The molecule has 0 bridgehead atoms. The zero-order chi connectivity index (χ0) is 18.3. The quantitative estimate of drug-likeness (QED) is 0.881. The van der Waals surface area contributed by atoms with Gasteiger partial charge in [-0.1, -0.05) is 0 Å². The lowest BCUT2D eigenvalue weighted by molar-refractivity contribution is -0.141. The number of hydrogen-bond donors (Lipinski definition) is 1. The standard InChI is InChI=1S/C17H22F3N5O/c18-17(19,20)14-9-15(22-10-21-14)23-11-3-6-24(7-4-11)13-5-8-25(16(13)26)12-1-2-12/h9-13H,1-8H2,(H,21,22,23). The number of likely N-dealkylation sites (tertiary alicyclic amines) is 2. The molecule has 142 valence electrons. The second-order valence-corrected chi connectivity index (χ2v) is 7.31. The molecule has 2 aliphatic heterocycles. The zero-order valence-corrected chi connectivity index (χ0v) is 14.4.